The summed E-state index contributed by atoms with van der Waals surface area (Å²) in [5.41, 5.74) is 1.60. The number of ether oxygens (including phenoxy) is 1. The molecule has 0 bridgehead atoms. The molecule has 1 aliphatic heterocycles. The summed E-state index contributed by atoms with van der Waals surface area (Å²) in [5.74, 6) is 0.947. The van der Waals surface area contributed by atoms with E-state index in [2.05, 4.69) is 14.9 Å². The highest BCUT2D eigenvalue weighted by Gasteiger charge is 2.34. The Morgan fingerprint density at radius 1 is 1.06 bits per heavy atom. The molecule has 0 atom stereocenters. The number of carbonyl (C=O) groups excluding carboxylic acids is 1. The monoisotopic (exact) mass is 497 g/mol. The minimum absolute atomic E-state index is 0.102. The van der Waals surface area contributed by atoms with Gasteiger partial charge in [-0.25, -0.2) is 27.2 Å². The lowest BCUT2D eigenvalue weighted by Crippen LogP contribution is -2.50. The van der Waals surface area contributed by atoms with Gasteiger partial charge in [-0.1, -0.05) is 30.3 Å². The Balaban J connectivity index is 1.45. The van der Waals surface area contributed by atoms with Crippen LogP contribution in [0.1, 0.15) is 50.7 Å². The highest BCUT2D eigenvalue weighted by atomic mass is 32.2. The first-order valence-electron chi connectivity index (χ1n) is 12.0. The molecule has 0 N–H and O–H groups in total. The van der Waals surface area contributed by atoms with Crippen LogP contribution >= 0.6 is 0 Å². The zero-order valence-electron chi connectivity index (χ0n) is 20.3. The van der Waals surface area contributed by atoms with Crippen molar-refractivity contribution in [2.75, 3.05) is 31.1 Å². The van der Waals surface area contributed by atoms with Crippen LogP contribution in [0.25, 0.3) is 11.0 Å². The molecule has 0 radical (unpaired) electrons. The maximum Gasteiger partial charge on any atom is 0.410 e. The van der Waals surface area contributed by atoms with Crippen molar-refractivity contribution in [3.05, 3.63) is 54.0 Å². The van der Waals surface area contributed by atoms with Crippen molar-refractivity contribution in [3.63, 3.8) is 0 Å². The average molecular weight is 498 g/mol. The van der Waals surface area contributed by atoms with Gasteiger partial charge in [0, 0.05) is 32.4 Å². The molecular weight excluding hydrogens is 466 g/mol. The van der Waals surface area contributed by atoms with E-state index >= 15 is 0 Å². The van der Waals surface area contributed by atoms with Gasteiger partial charge < -0.3 is 14.5 Å². The maximum atomic E-state index is 13.4. The fraction of sp³-hybridized carbons (Fsp3) is 0.480. The summed E-state index contributed by atoms with van der Waals surface area (Å²) < 4.78 is 33.7. The third-order valence-electron chi connectivity index (χ3n) is 6.30. The second-order valence-electron chi connectivity index (χ2n) is 10.2. The van der Waals surface area contributed by atoms with Gasteiger partial charge in [-0.3, -0.25) is 0 Å². The van der Waals surface area contributed by atoms with E-state index in [4.69, 9.17) is 4.74 Å². The van der Waals surface area contributed by atoms with Crippen LogP contribution in [-0.4, -0.2) is 65.1 Å². The standard InChI is InChI=1S/C25H31N5O4S/c1-25(2,3)34-24(31)29-13-11-28(12-14-29)22-21-20(19-9-10-19)15-30(23(21)27-17-26-22)35(32,33)16-18-7-5-4-6-8-18/h4-8,15,17,19H,9-14,16H2,1-3H3. The van der Waals surface area contributed by atoms with Gasteiger partial charge in [0.25, 0.3) is 0 Å². The Bertz CT molecular complexity index is 1340. The molecule has 2 aromatic heterocycles. The summed E-state index contributed by atoms with van der Waals surface area (Å²) >= 11 is 0. The number of rotatable bonds is 5. The SMILES string of the molecule is CC(C)(C)OC(=O)N1CCN(c2ncnc3c2c(C2CC2)cn3S(=O)(=O)Cc2ccccc2)CC1. The Morgan fingerprint density at radius 3 is 2.37 bits per heavy atom. The number of hydrogen-bond donors (Lipinski definition) is 0. The Kier molecular flexibility index (Phi) is 5.94. The third kappa shape index (κ3) is 4.98. The molecule has 1 aromatic carbocycles. The van der Waals surface area contributed by atoms with Gasteiger partial charge in [0.2, 0.25) is 10.0 Å². The molecule has 2 aliphatic rings. The van der Waals surface area contributed by atoms with Crippen LogP contribution < -0.4 is 4.90 Å². The van der Waals surface area contributed by atoms with Crippen LogP contribution in [0.15, 0.2) is 42.9 Å². The predicted molar refractivity (Wildman–Crippen MR) is 134 cm³/mol. The molecule has 1 saturated carbocycles. The van der Waals surface area contributed by atoms with Crippen molar-refractivity contribution in [1.29, 1.82) is 0 Å². The summed E-state index contributed by atoms with van der Waals surface area (Å²) in [6.07, 6.45) is 4.91. The number of benzene rings is 1. The van der Waals surface area contributed by atoms with E-state index in [1.54, 1.807) is 11.1 Å². The maximum absolute atomic E-state index is 13.4. The molecule has 5 rings (SSSR count). The second kappa shape index (κ2) is 8.82. The molecule has 0 spiro atoms. The number of amides is 1. The minimum Gasteiger partial charge on any atom is -0.444 e. The summed E-state index contributed by atoms with van der Waals surface area (Å²) in [6.45, 7) is 7.74. The van der Waals surface area contributed by atoms with Crippen molar-refractivity contribution >= 4 is 33.0 Å². The Labute approximate surface area is 205 Å². The normalized spacial score (nSPS) is 17.1. The highest BCUT2D eigenvalue weighted by Crippen LogP contribution is 2.46. The fourth-order valence-corrected chi connectivity index (χ4v) is 5.91. The lowest BCUT2D eigenvalue weighted by atomic mass is 10.1. The van der Waals surface area contributed by atoms with Gasteiger partial charge >= 0.3 is 6.09 Å². The molecule has 10 heteroatoms. The summed E-state index contributed by atoms with van der Waals surface area (Å²) in [4.78, 5) is 25.3. The molecule has 35 heavy (non-hydrogen) atoms. The molecule has 0 unspecified atom stereocenters. The minimum atomic E-state index is -3.67. The number of hydrogen-bond acceptors (Lipinski definition) is 7. The molecule has 1 saturated heterocycles. The second-order valence-corrected chi connectivity index (χ2v) is 12.1. The first kappa shape index (κ1) is 23.6. The van der Waals surface area contributed by atoms with E-state index in [0.717, 1.165) is 35.2 Å². The van der Waals surface area contributed by atoms with Crippen molar-refractivity contribution < 1.29 is 17.9 Å². The third-order valence-corrected chi connectivity index (χ3v) is 7.88. The Hall–Kier alpha value is -3.14. The summed E-state index contributed by atoms with van der Waals surface area (Å²) in [6, 6.07) is 9.18. The van der Waals surface area contributed by atoms with Gasteiger partial charge in [-0.15, -0.1) is 0 Å². The zero-order chi connectivity index (χ0) is 24.8. The number of aromatic nitrogens is 3. The van der Waals surface area contributed by atoms with Crippen LogP contribution in [0.5, 0.6) is 0 Å². The Morgan fingerprint density at radius 2 is 1.74 bits per heavy atom. The topological polar surface area (TPSA) is 97.6 Å². The van der Waals surface area contributed by atoms with Gasteiger partial charge in [-0.2, -0.15) is 0 Å². The van der Waals surface area contributed by atoms with E-state index in [1.807, 2.05) is 51.1 Å². The lowest BCUT2D eigenvalue weighted by molar-refractivity contribution is 0.0240. The van der Waals surface area contributed by atoms with Crippen molar-refractivity contribution in [3.8, 4) is 0 Å². The van der Waals surface area contributed by atoms with Crippen LogP contribution in [0.3, 0.4) is 0 Å². The molecule has 3 heterocycles. The van der Waals surface area contributed by atoms with E-state index < -0.39 is 15.6 Å². The molecule has 2 fully saturated rings. The number of piperazine rings is 1. The van der Waals surface area contributed by atoms with Gasteiger partial charge in [0.05, 0.1) is 11.1 Å². The number of carbonyl (C=O) groups is 1. The van der Waals surface area contributed by atoms with Crippen LogP contribution in [0.4, 0.5) is 10.6 Å². The zero-order valence-corrected chi connectivity index (χ0v) is 21.2. The van der Waals surface area contributed by atoms with Crippen LogP contribution in [0, 0.1) is 0 Å². The molecule has 1 aliphatic carbocycles. The predicted octanol–water partition coefficient (Wildman–Crippen LogP) is 3.74. The average Bonchev–Trinajstić information content (AvgIpc) is 3.57. The number of anilines is 1. The smallest absolute Gasteiger partial charge is 0.410 e. The van der Waals surface area contributed by atoms with E-state index in [-0.39, 0.29) is 11.8 Å². The van der Waals surface area contributed by atoms with Gasteiger partial charge in [0.15, 0.2) is 5.65 Å². The van der Waals surface area contributed by atoms with Crippen LogP contribution in [0.2, 0.25) is 0 Å². The summed E-state index contributed by atoms with van der Waals surface area (Å²) in [5, 5.41) is 0.803. The molecule has 3 aromatic rings. The number of nitrogens with zero attached hydrogens (tertiary/aromatic N) is 5. The fourth-order valence-electron chi connectivity index (χ4n) is 4.48. The molecule has 186 valence electrons. The van der Waals surface area contributed by atoms with E-state index in [0.29, 0.717) is 37.7 Å². The van der Waals surface area contributed by atoms with Gasteiger partial charge in [0.1, 0.15) is 17.7 Å². The lowest BCUT2D eigenvalue weighted by Gasteiger charge is -2.36. The highest BCUT2D eigenvalue weighted by molar-refractivity contribution is 7.89. The van der Waals surface area contributed by atoms with E-state index in [9.17, 15) is 13.2 Å². The number of fused-ring (bicyclic) bond motifs is 1. The molecule has 1 amide bonds. The first-order chi connectivity index (χ1) is 16.6. The largest absolute Gasteiger partial charge is 0.444 e. The van der Waals surface area contributed by atoms with Gasteiger partial charge in [-0.05, 0) is 50.7 Å². The summed E-state index contributed by atoms with van der Waals surface area (Å²) in [7, 11) is -3.67. The molecular formula is C25H31N5O4S. The van der Waals surface area contributed by atoms with Crippen molar-refractivity contribution in [1.82, 2.24) is 18.8 Å². The first-order valence-corrected chi connectivity index (χ1v) is 13.6. The van der Waals surface area contributed by atoms with Crippen molar-refractivity contribution in [2.45, 2.75) is 50.9 Å². The van der Waals surface area contributed by atoms with Crippen molar-refractivity contribution in [2.24, 2.45) is 0 Å². The van der Waals surface area contributed by atoms with Crippen LogP contribution in [-0.2, 0) is 20.5 Å². The quantitative estimate of drug-likeness (QED) is 0.530. The van der Waals surface area contributed by atoms with E-state index in [1.165, 1.54) is 10.3 Å². The molecule has 9 nitrogen and oxygen atoms in total.